The van der Waals surface area contributed by atoms with Gasteiger partial charge in [0, 0.05) is 16.8 Å². The number of nitrogens with one attached hydrogen (secondary N) is 1. The lowest BCUT2D eigenvalue weighted by molar-refractivity contribution is 0.101. The molecule has 0 radical (unpaired) electrons. The summed E-state index contributed by atoms with van der Waals surface area (Å²) in [4.78, 5) is 30.7. The van der Waals surface area contributed by atoms with Crippen LogP contribution >= 0.6 is 11.8 Å². The van der Waals surface area contributed by atoms with Gasteiger partial charge in [-0.05, 0) is 36.8 Å². The van der Waals surface area contributed by atoms with Gasteiger partial charge in [-0.2, -0.15) is 5.26 Å². The highest BCUT2D eigenvalue weighted by molar-refractivity contribution is 8.00. The van der Waals surface area contributed by atoms with Crippen molar-refractivity contribution >= 4 is 29.1 Å². The first kappa shape index (κ1) is 24.7. The van der Waals surface area contributed by atoms with E-state index < -0.39 is 0 Å². The van der Waals surface area contributed by atoms with Crippen molar-refractivity contribution in [2.75, 3.05) is 18.2 Å². The number of ether oxygens (including phenoxy) is 1. The van der Waals surface area contributed by atoms with Gasteiger partial charge in [0.15, 0.2) is 5.78 Å². The number of rotatable bonds is 8. The van der Waals surface area contributed by atoms with Crippen LogP contribution in [0.1, 0.15) is 32.0 Å². The molecule has 0 aliphatic rings. The van der Waals surface area contributed by atoms with E-state index in [2.05, 4.69) is 16.4 Å². The highest BCUT2D eigenvalue weighted by atomic mass is 32.2. The minimum atomic E-state index is -0.370. The Balaban J connectivity index is 1.78. The zero-order valence-electron chi connectivity index (χ0n) is 19.8. The van der Waals surface area contributed by atoms with Gasteiger partial charge in [0.25, 0.3) is 5.91 Å². The van der Waals surface area contributed by atoms with E-state index in [9.17, 15) is 14.9 Å². The van der Waals surface area contributed by atoms with Crippen LogP contribution in [0.15, 0.2) is 90.0 Å². The van der Waals surface area contributed by atoms with Crippen LogP contribution in [0.3, 0.4) is 0 Å². The number of pyridine rings is 1. The average molecular weight is 494 g/mol. The number of hydrogen-bond acceptors (Lipinski definition) is 6. The molecule has 3 aromatic carbocycles. The molecule has 36 heavy (non-hydrogen) atoms. The number of anilines is 1. The molecule has 0 atom stereocenters. The SMILES string of the molecule is COc1ccc(-c2c(C#N)c(SCC(=O)c3ccccc3)nc(C)c2C(=O)Nc2ccccc2)cc1. The molecular formula is C29H23N3O3S. The minimum Gasteiger partial charge on any atom is -0.497 e. The van der Waals surface area contributed by atoms with Crippen LogP contribution < -0.4 is 10.1 Å². The van der Waals surface area contributed by atoms with Gasteiger partial charge in [-0.15, -0.1) is 0 Å². The van der Waals surface area contributed by atoms with Gasteiger partial charge in [0.2, 0.25) is 0 Å². The normalized spacial score (nSPS) is 10.4. The van der Waals surface area contributed by atoms with Crippen LogP contribution in [-0.2, 0) is 0 Å². The number of Topliss-reactive ketones (excluding diaryl/α,β-unsaturated/α-hetero) is 1. The monoisotopic (exact) mass is 493 g/mol. The molecule has 0 saturated heterocycles. The smallest absolute Gasteiger partial charge is 0.258 e. The Morgan fingerprint density at radius 1 is 0.972 bits per heavy atom. The molecular weight excluding hydrogens is 470 g/mol. The molecule has 0 saturated carbocycles. The number of carbonyl (C=O) groups excluding carboxylic acids is 2. The molecule has 0 aliphatic heterocycles. The summed E-state index contributed by atoms with van der Waals surface area (Å²) in [6.07, 6.45) is 0. The third-order valence-corrected chi connectivity index (χ3v) is 6.51. The Morgan fingerprint density at radius 3 is 2.22 bits per heavy atom. The van der Waals surface area contributed by atoms with E-state index in [1.165, 1.54) is 11.8 Å². The molecule has 178 valence electrons. The Labute approximate surface area is 214 Å². The standard InChI is InChI=1S/C29H23N3O3S/c1-19-26(28(34)32-22-11-7-4-8-12-22)27(21-13-15-23(35-2)16-14-21)24(17-30)29(31-19)36-18-25(33)20-9-5-3-6-10-20/h3-16H,18H2,1-2H3,(H,32,34). The zero-order valence-corrected chi connectivity index (χ0v) is 20.6. The van der Waals surface area contributed by atoms with Crippen molar-refractivity contribution < 1.29 is 14.3 Å². The van der Waals surface area contributed by atoms with Crippen LogP contribution in [0.4, 0.5) is 5.69 Å². The van der Waals surface area contributed by atoms with Crippen LogP contribution in [0.5, 0.6) is 5.75 Å². The number of hydrogen-bond donors (Lipinski definition) is 1. The number of thioether (sulfide) groups is 1. The van der Waals surface area contributed by atoms with E-state index in [0.29, 0.717) is 44.4 Å². The van der Waals surface area contributed by atoms with E-state index >= 15 is 0 Å². The summed E-state index contributed by atoms with van der Waals surface area (Å²) < 4.78 is 5.27. The molecule has 0 aliphatic carbocycles. The van der Waals surface area contributed by atoms with Crippen molar-refractivity contribution in [3.63, 3.8) is 0 Å². The van der Waals surface area contributed by atoms with Crippen molar-refractivity contribution in [1.29, 1.82) is 5.26 Å². The van der Waals surface area contributed by atoms with Gasteiger partial charge in [0.05, 0.1) is 29.7 Å². The molecule has 0 unspecified atom stereocenters. The fraction of sp³-hybridized carbons (Fsp3) is 0.103. The topological polar surface area (TPSA) is 92.1 Å². The number of para-hydroxylation sites is 1. The van der Waals surface area contributed by atoms with E-state index in [0.717, 1.165) is 0 Å². The number of aryl methyl sites for hydroxylation is 1. The number of carbonyl (C=O) groups is 2. The fourth-order valence-corrected chi connectivity index (χ4v) is 4.69. The predicted octanol–water partition coefficient (Wildman–Crippen LogP) is 6.16. The molecule has 6 nitrogen and oxygen atoms in total. The van der Waals surface area contributed by atoms with Crippen molar-refractivity contribution in [3.8, 4) is 22.9 Å². The number of nitriles is 1. The maximum Gasteiger partial charge on any atom is 0.258 e. The Bertz CT molecular complexity index is 1430. The second-order valence-electron chi connectivity index (χ2n) is 7.87. The lowest BCUT2D eigenvalue weighted by atomic mass is 9.94. The largest absolute Gasteiger partial charge is 0.497 e. The van der Waals surface area contributed by atoms with Crippen molar-refractivity contribution in [2.45, 2.75) is 11.9 Å². The second-order valence-corrected chi connectivity index (χ2v) is 8.83. The molecule has 0 spiro atoms. The van der Waals surface area contributed by atoms with Crippen LogP contribution in [0, 0.1) is 18.3 Å². The number of benzene rings is 3. The molecule has 4 rings (SSSR count). The van der Waals surface area contributed by atoms with Crippen molar-refractivity contribution in [2.24, 2.45) is 0 Å². The number of methoxy groups -OCH3 is 1. The number of amides is 1. The highest BCUT2D eigenvalue weighted by Gasteiger charge is 2.25. The number of ketones is 1. The fourth-order valence-electron chi connectivity index (χ4n) is 3.77. The summed E-state index contributed by atoms with van der Waals surface area (Å²) >= 11 is 1.19. The van der Waals surface area contributed by atoms with E-state index in [-0.39, 0.29) is 23.0 Å². The van der Waals surface area contributed by atoms with E-state index in [1.54, 1.807) is 62.6 Å². The molecule has 0 bridgehead atoms. The first-order chi connectivity index (χ1) is 17.5. The van der Waals surface area contributed by atoms with E-state index in [1.807, 2.05) is 36.4 Å². The summed E-state index contributed by atoms with van der Waals surface area (Å²) in [6.45, 7) is 1.73. The van der Waals surface area contributed by atoms with Crippen LogP contribution in [0.2, 0.25) is 0 Å². The van der Waals surface area contributed by atoms with Gasteiger partial charge < -0.3 is 10.1 Å². The van der Waals surface area contributed by atoms with Gasteiger partial charge in [-0.1, -0.05) is 72.4 Å². The molecule has 0 fully saturated rings. The van der Waals surface area contributed by atoms with Gasteiger partial charge in [-0.3, -0.25) is 9.59 Å². The highest BCUT2D eigenvalue weighted by Crippen LogP contribution is 2.36. The van der Waals surface area contributed by atoms with Crippen molar-refractivity contribution in [3.05, 3.63) is 107 Å². The average Bonchev–Trinajstić information content (AvgIpc) is 2.92. The number of nitrogens with zero attached hydrogens (tertiary/aromatic N) is 2. The summed E-state index contributed by atoms with van der Waals surface area (Å²) in [5, 5.41) is 13.5. The van der Waals surface area contributed by atoms with Gasteiger partial charge in [0.1, 0.15) is 16.8 Å². The Hall–Kier alpha value is -4.41. The Morgan fingerprint density at radius 2 is 1.61 bits per heavy atom. The maximum absolute atomic E-state index is 13.4. The zero-order chi connectivity index (χ0) is 25.5. The first-order valence-corrected chi connectivity index (χ1v) is 12.2. The first-order valence-electron chi connectivity index (χ1n) is 11.2. The Kier molecular flexibility index (Phi) is 7.79. The third kappa shape index (κ3) is 5.45. The van der Waals surface area contributed by atoms with Gasteiger partial charge >= 0.3 is 0 Å². The van der Waals surface area contributed by atoms with E-state index in [4.69, 9.17) is 4.74 Å². The summed E-state index contributed by atoms with van der Waals surface area (Å²) in [6, 6.07) is 27.5. The molecule has 1 heterocycles. The molecule has 1 amide bonds. The lowest BCUT2D eigenvalue weighted by Gasteiger charge is -2.17. The quantitative estimate of drug-likeness (QED) is 0.233. The predicted molar refractivity (Wildman–Crippen MR) is 142 cm³/mol. The minimum absolute atomic E-state index is 0.0687. The lowest BCUT2D eigenvalue weighted by Crippen LogP contribution is -2.17. The third-order valence-electron chi connectivity index (χ3n) is 5.53. The summed E-state index contributed by atoms with van der Waals surface area (Å²) in [5.74, 6) is 0.329. The van der Waals surface area contributed by atoms with Crippen LogP contribution in [0.25, 0.3) is 11.1 Å². The van der Waals surface area contributed by atoms with Crippen molar-refractivity contribution in [1.82, 2.24) is 4.98 Å². The summed E-state index contributed by atoms with van der Waals surface area (Å²) in [7, 11) is 1.57. The number of aromatic nitrogens is 1. The molecule has 1 aromatic heterocycles. The molecule has 7 heteroatoms. The maximum atomic E-state index is 13.4. The van der Waals surface area contributed by atoms with Crippen LogP contribution in [-0.4, -0.2) is 29.5 Å². The summed E-state index contributed by atoms with van der Waals surface area (Å²) in [5.41, 5.74) is 3.38. The second kappa shape index (κ2) is 11.3. The molecule has 1 N–H and O–H groups in total. The van der Waals surface area contributed by atoms with Gasteiger partial charge in [-0.25, -0.2) is 4.98 Å². The molecule has 4 aromatic rings.